The Morgan fingerprint density at radius 2 is 1.82 bits per heavy atom. The Morgan fingerprint density at radius 3 is 2.24 bits per heavy atom. The molecule has 0 spiro atoms. The monoisotopic (exact) mass is 231 g/mol. The van der Waals surface area contributed by atoms with Crippen molar-refractivity contribution in [1.82, 2.24) is 9.91 Å². The van der Waals surface area contributed by atoms with Crippen LogP contribution in [0, 0.1) is 0 Å². The van der Waals surface area contributed by atoms with Crippen molar-refractivity contribution in [3.05, 3.63) is 35.9 Å². The number of likely N-dealkylation sites (N-methyl/N-ethyl adjacent to an activating group) is 2. The summed E-state index contributed by atoms with van der Waals surface area (Å²) in [6.07, 6.45) is 0. The van der Waals surface area contributed by atoms with Crippen molar-refractivity contribution < 1.29 is 4.79 Å². The second-order valence-corrected chi connectivity index (χ2v) is 4.49. The van der Waals surface area contributed by atoms with Gasteiger partial charge in [-0.05, 0) is 26.6 Å². The molecule has 0 fully saturated rings. The van der Waals surface area contributed by atoms with Crippen LogP contribution < -0.4 is 0 Å². The molecule has 1 aromatic carbocycles. The van der Waals surface area contributed by atoms with Gasteiger partial charge in [0.25, 0.3) is 5.91 Å². The van der Waals surface area contributed by atoms with Crippen LogP contribution in [0.25, 0.3) is 0 Å². The van der Waals surface area contributed by atoms with Crippen LogP contribution >= 0.6 is 0 Å². The van der Waals surface area contributed by atoms with E-state index < -0.39 is 5.54 Å². The highest BCUT2D eigenvalue weighted by molar-refractivity contribution is 6.15. The van der Waals surface area contributed by atoms with Crippen LogP contribution in [-0.4, -0.2) is 42.7 Å². The van der Waals surface area contributed by atoms with Crippen molar-refractivity contribution in [3.63, 3.8) is 0 Å². The van der Waals surface area contributed by atoms with E-state index in [9.17, 15) is 4.79 Å². The average molecular weight is 231 g/mol. The molecule has 1 atom stereocenters. The zero-order chi connectivity index (χ0) is 12.6. The highest BCUT2D eigenvalue weighted by atomic mass is 16.2. The van der Waals surface area contributed by atoms with Gasteiger partial charge in [-0.1, -0.05) is 30.3 Å². The summed E-state index contributed by atoms with van der Waals surface area (Å²) in [5.41, 5.74) is 1.01. The molecule has 1 aromatic rings. The van der Waals surface area contributed by atoms with Crippen LogP contribution in [0.15, 0.2) is 35.4 Å². The number of amides is 1. The lowest BCUT2D eigenvalue weighted by molar-refractivity contribution is -0.136. The van der Waals surface area contributed by atoms with Crippen molar-refractivity contribution in [2.45, 2.75) is 12.5 Å². The fraction of sp³-hybridized carbons (Fsp3) is 0.385. The molecule has 90 valence electrons. The summed E-state index contributed by atoms with van der Waals surface area (Å²) in [5, 5.41) is 5.70. The topological polar surface area (TPSA) is 35.9 Å². The fourth-order valence-corrected chi connectivity index (χ4v) is 2.52. The van der Waals surface area contributed by atoms with E-state index in [0.717, 1.165) is 11.3 Å². The molecular weight excluding hydrogens is 214 g/mol. The maximum absolute atomic E-state index is 12.4. The van der Waals surface area contributed by atoms with E-state index in [1.807, 2.05) is 56.3 Å². The molecule has 0 radical (unpaired) electrons. The van der Waals surface area contributed by atoms with E-state index in [-0.39, 0.29) is 5.91 Å². The lowest BCUT2D eigenvalue weighted by atomic mass is 9.84. The summed E-state index contributed by atoms with van der Waals surface area (Å²) < 4.78 is 0. The van der Waals surface area contributed by atoms with Crippen molar-refractivity contribution in [2.75, 3.05) is 21.1 Å². The number of hydrogen-bond acceptors (Lipinski definition) is 3. The molecule has 0 aromatic heterocycles. The molecule has 1 unspecified atom stereocenters. The zero-order valence-corrected chi connectivity index (χ0v) is 10.6. The number of hydrazone groups is 1. The number of carbonyl (C=O) groups is 1. The Morgan fingerprint density at radius 1 is 1.24 bits per heavy atom. The third kappa shape index (κ3) is 1.48. The van der Waals surface area contributed by atoms with E-state index in [0.29, 0.717) is 0 Å². The van der Waals surface area contributed by atoms with Gasteiger partial charge >= 0.3 is 0 Å². The van der Waals surface area contributed by atoms with Crippen molar-refractivity contribution >= 4 is 11.6 Å². The molecule has 2 rings (SSSR count). The minimum absolute atomic E-state index is 0.00815. The summed E-state index contributed by atoms with van der Waals surface area (Å²) in [4.78, 5) is 14.4. The van der Waals surface area contributed by atoms with Gasteiger partial charge in [-0.2, -0.15) is 5.10 Å². The summed E-state index contributed by atoms with van der Waals surface area (Å²) in [6.45, 7) is 1.90. The molecular formula is C13H17N3O. The van der Waals surface area contributed by atoms with Gasteiger partial charge in [0.05, 0.1) is 5.71 Å². The largest absolute Gasteiger partial charge is 0.287 e. The molecule has 1 amide bonds. The SMILES string of the molecule is CC1=NN(C)C(=O)C1(c1ccccc1)N(C)C. The molecule has 0 aliphatic carbocycles. The van der Waals surface area contributed by atoms with E-state index >= 15 is 0 Å². The quantitative estimate of drug-likeness (QED) is 0.769. The van der Waals surface area contributed by atoms with Gasteiger partial charge in [0.15, 0.2) is 5.54 Å². The standard InChI is InChI=1S/C13H17N3O/c1-10-13(15(2)3,12(17)16(4)14-10)11-8-6-5-7-9-11/h5-9H,1-4H3. The van der Waals surface area contributed by atoms with Gasteiger partial charge in [0.1, 0.15) is 0 Å². The summed E-state index contributed by atoms with van der Waals surface area (Å²) >= 11 is 0. The van der Waals surface area contributed by atoms with Crippen molar-refractivity contribution in [2.24, 2.45) is 5.10 Å². The minimum Gasteiger partial charge on any atom is -0.287 e. The molecule has 1 aliphatic heterocycles. The maximum Gasteiger partial charge on any atom is 0.273 e. The average Bonchev–Trinajstić information content (AvgIpc) is 2.52. The molecule has 4 nitrogen and oxygen atoms in total. The molecule has 1 heterocycles. The predicted molar refractivity (Wildman–Crippen MR) is 67.7 cm³/mol. The van der Waals surface area contributed by atoms with Gasteiger partial charge in [-0.15, -0.1) is 0 Å². The predicted octanol–water partition coefficient (Wildman–Crippen LogP) is 1.29. The molecule has 0 N–H and O–H groups in total. The highest BCUT2D eigenvalue weighted by Crippen LogP contribution is 2.34. The first-order chi connectivity index (χ1) is 8.01. The Hall–Kier alpha value is -1.68. The van der Waals surface area contributed by atoms with Gasteiger partial charge < -0.3 is 0 Å². The van der Waals surface area contributed by atoms with Crippen LogP contribution in [0.5, 0.6) is 0 Å². The third-order valence-electron chi connectivity index (χ3n) is 3.29. The Kier molecular flexibility index (Phi) is 2.75. The summed E-state index contributed by atoms with van der Waals surface area (Å²) in [5.74, 6) is -0.00815. The van der Waals surface area contributed by atoms with Crippen molar-refractivity contribution in [1.29, 1.82) is 0 Å². The van der Waals surface area contributed by atoms with Crippen LogP contribution in [0.4, 0.5) is 0 Å². The maximum atomic E-state index is 12.4. The normalized spacial score (nSPS) is 24.4. The smallest absolute Gasteiger partial charge is 0.273 e. The van der Waals surface area contributed by atoms with Gasteiger partial charge in [0, 0.05) is 7.05 Å². The molecule has 4 heteroatoms. The number of hydrogen-bond donors (Lipinski definition) is 0. The Labute approximate surface area is 102 Å². The van der Waals surface area contributed by atoms with Crippen molar-refractivity contribution in [3.8, 4) is 0 Å². The summed E-state index contributed by atoms with van der Waals surface area (Å²) in [7, 11) is 5.51. The van der Waals surface area contributed by atoms with Gasteiger partial charge in [0.2, 0.25) is 0 Å². The first-order valence-corrected chi connectivity index (χ1v) is 5.58. The van der Waals surface area contributed by atoms with Crippen LogP contribution in [0.2, 0.25) is 0 Å². The number of carbonyl (C=O) groups excluding carboxylic acids is 1. The summed E-state index contributed by atoms with van der Waals surface area (Å²) in [6, 6.07) is 9.77. The van der Waals surface area contributed by atoms with E-state index in [2.05, 4.69) is 5.10 Å². The second kappa shape index (κ2) is 3.96. The first-order valence-electron chi connectivity index (χ1n) is 5.58. The zero-order valence-electron chi connectivity index (χ0n) is 10.6. The molecule has 0 bridgehead atoms. The number of nitrogens with zero attached hydrogens (tertiary/aromatic N) is 3. The molecule has 1 aliphatic rings. The Balaban J connectivity index is 2.64. The molecule has 0 saturated heterocycles. The second-order valence-electron chi connectivity index (χ2n) is 4.49. The van der Waals surface area contributed by atoms with Gasteiger partial charge in [-0.3, -0.25) is 9.69 Å². The lowest BCUT2D eigenvalue weighted by Crippen LogP contribution is -2.53. The van der Waals surface area contributed by atoms with Crippen LogP contribution in [-0.2, 0) is 10.3 Å². The van der Waals surface area contributed by atoms with E-state index in [1.165, 1.54) is 5.01 Å². The highest BCUT2D eigenvalue weighted by Gasteiger charge is 2.51. The third-order valence-corrected chi connectivity index (χ3v) is 3.29. The van der Waals surface area contributed by atoms with Gasteiger partial charge in [-0.25, -0.2) is 5.01 Å². The fourth-order valence-electron chi connectivity index (χ4n) is 2.52. The van der Waals surface area contributed by atoms with E-state index in [4.69, 9.17) is 0 Å². The number of rotatable bonds is 2. The minimum atomic E-state index is -0.754. The number of benzene rings is 1. The first kappa shape index (κ1) is 11.8. The Bertz CT molecular complexity index is 467. The molecule has 0 saturated carbocycles. The molecule has 17 heavy (non-hydrogen) atoms. The van der Waals surface area contributed by atoms with E-state index in [1.54, 1.807) is 7.05 Å². The van der Waals surface area contributed by atoms with Crippen LogP contribution in [0.3, 0.4) is 0 Å². The lowest BCUT2D eigenvalue weighted by Gasteiger charge is -2.34. The van der Waals surface area contributed by atoms with Crippen LogP contribution in [0.1, 0.15) is 12.5 Å².